The highest BCUT2D eigenvalue weighted by atomic mass is 15.1. The van der Waals surface area contributed by atoms with Gasteiger partial charge in [0.2, 0.25) is 0 Å². The molecule has 0 amide bonds. The maximum absolute atomic E-state index is 3.51. The third-order valence-electron chi connectivity index (χ3n) is 3.40. The molecule has 0 atom stereocenters. The van der Waals surface area contributed by atoms with Crippen molar-refractivity contribution in [1.82, 2.24) is 10.2 Å². The lowest BCUT2D eigenvalue weighted by atomic mass is 10.1. The van der Waals surface area contributed by atoms with Crippen molar-refractivity contribution in [1.29, 1.82) is 0 Å². The average Bonchev–Trinajstić information content (AvgIpc) is 2.49. The summed E-state index contributed by atoms with van der Waals surface area (Å²) in [6, 6.07) is 21.3. The van der Waals surface area contributed by atoms with Gasteiger partial charge in [0, 0.05) is 19.6 Å². The third kappa shape index (κ3) is 5.55. The van der Waals surface area contributed by atoms with Gasteiger partial charge in [-0.2, -0.15) is 0 Å². The molecule has 1 N–H and O–H groups in total. The molecule has 0 aliphatic rings. The third-order valence-corrected chi connectivity index (χ3v) is 3.40. The van der Waals surface area contributed by atoms with E-state index >= 15 is 0 Å². The molecule has 2 heteroatoms. The average molecular weight is 268 g/mol. The van der Waals surface area contributed by atoms with E-state index in [-0.39, 0.29) is 0 Å². The van der Waals surface area contributed by atoms with E-state index in [1.54, 1.807) is 0 Å². The summed E-state index contributed by atoms with van der Waals surface area (Å²) in [4.78, 5) is 2.35. The molecule has 20 heavy (non-hydrogen) atoms. The molecule has 2 aromatic carbocycles. The van der Waals surface area contributed by atoms with E-state index in [0.29, 0.717) is 0 Å². The van der Waals surface area contributed by atoms with Crippen LogP contribution in [0.3, 0.4) is 0 Å². The zero-order valence-corrected chi connectivity index (χ0v) is 12.3. The molecule has 0 unspecified atom stereocenters. The summed E-state index contributed by atoms with van der Waals surface area (Å²) in [5, 5.41) is 3.51. The highest BCUT2D eigenvalue weighted by molar-refractivity contribution is 5.15. The number of nitrogens with zero attached hydrogens (tertiary/aromatic N) is 1. The van der Waals surface area contributed by atoms with Crippen LogP contribution in [0.25, 0.3) is 0 Å². The summed E-state index contributed by atoms with van der Waals surface area (Å²) in [7, 11) is 2.17. The zero-order chi connectivity index (χ0) is 14.0. The molecule has 0 aliphatic carbocycles. The Bertz CT molecular complexity index is 467. The molecule has 2 rings (SSSR count). The first kappa shape index (κ1) is 14.8. The normalized spacial score (nSPS) is 10.9. The Morgan fingerprint density at radius 1 is 0.800 bits per heavy atom. The minimum atomic E-state index is 1.02. The van der Waals surface area contributed by atoms with Gasteiger partial charge in [-0.05, 0) is 31.1 Å². The molecule has 106 valence electrons. The largest absolute Gasteiger partial charge is 0.315 e. The summed E-state index contributed by atoms with van der Waals surface area (Å²) in [5.74, 6) is 0. The highest BCUT2D eigenvalue weighted by Gasteiger charge is 1.99. The van der Waals surface area contributed by atoms with Crippen molar-refractivity contribution in [3.63, 3.8) is 0 Å². The summed E-state index contributed by atoms with van der Waals surface area (Å²) >= 11 is 0. The van der Waals surface area contributed by atoms with Crippen LogP contribution < -0.4 is 5.32 Å². The number of benzene rings is 2. The van der Waals surface area contributed by atoms with E-state index in [1.165, 1.54) is 11.1 Å². The minimum Gasteiger partial charge on any atom is -0.315 e. The standard InChI is InChI=1S/C18H24N2/c1-20(16-18-10-6-3-7-11-18)15-14-19-13-12-17-8-4-2-5-9-17/h2-11,19H,12-16H2,1H3. The fourth-order valence-electron chi connectivity index (χ4n) is 2.25. The highest BCUT2D eigenvalue weighted by Crippen LogP contribution is 2.01. The molecule has 0 fully saturated rings. The van der Waals surface area contributed by atoms with Crippen molar-refractivity contribution in [2.45, 2.75) is 13.0 Å². The van der Waals surface area contributed by atoms with Crippen LogP contribution in [0.4, 0.5) is 0 Å². The second-order valence-corrected chi connectivity index (χ2v) is 5.21. The van der Waals surface area contributed by atoms with E-state index in [2.05, 4.69) is 77.9 Å². The van der Waals surface area contributed by atoms with Gasteiger partial charge in [0.05, 0.1) is 0 Å². The van der Waals surface area contributed by atoms with Crippen molar-refractivity contribution >= 4 is 0 Å². The van der Waals surface area contributed by atoms with Gasteiger partial charge in [0.1, 0.15) is 0 Å². The molecular weight excluding hydrogens is 244 g/mol. The van der Waals surface area contributed by atoms with Gasteiger partial charge in [-0.15, -0.1) is 0 Å². The van der Waals surface area contributed by atoms with Crippen molar-refractivity contribution in [2.24, 2.45) is 0 Å². The SMILES string of the molecule is CN(CCNCCc1ccccc1)Cc1ccccc1. The van der Waals surface area contributed by atoms with Crippen molar-refractivity contribution in [2.75, 3.05) is 26.7 Å². The Balaban J connectivity index is 1.57. The summed E-state index contributed by atoms with van der Waals surface area (Å²) in [6.45, 7) is 4.17. The van der Waals surface area contributed by atoms with E-state index in [4.69, 9.17) is 0 Å². The van der Waals surface area contributed by atoms with Crippen LogP contribution in [-0.4, -0.2) is 31.6 Å². The van der Waals surface area contributed by atoms with Crippen molar-refractivity contribution < 1.29 is 0 Å². The number of nitrogens with one attached hydrogen (secondary N) is 1. The lowest BCUT2D eigenvalue weighted by molar-refractivity contribution is 0.325. The Morgan fingerprint density at radius 2 is 1.40 bits per heavy atom. The Morgan fingerprint density at radius 3 is 2.05 bits per heavy atom. The molecule has 0 saturated heterocycles. The van der Waals surface area contributed by atoms with Crippen LogP contribution >= 0.6 is 0 Å². The van der Waals surface area contributed by atoms with Gasteiger partial charge < -0.3 is 10.2 Å². The lowest BCUT2D eigenvalue weighted by Gasteiger charge is -2.17. The maximum atomic E-state index is 3.51. The van der Waals surface area contributed by atoms with Crippen molar-refractivity contribution in [3.05, 3.63) is 71.8 Å². The number of rotatable bonds is 8. The molecular formula is C18H24N2. The first-order valence-corrected chi connectivity index (χ1v) is 7.32. The van der Waals surface area contributed by atoms with Gasteiger partial charge in [-0.3, -0.25) is 0 Å². The Kier molecular flexibility index (Phi) is 6.28. The van der Waals surface area contributed by atoms with Gasteiger partial charge in [-0.25, -0.2) is 0 Å². The van der Waals surface area contributed by atoms with Gasteiger partial charge in [-0.1, -0.05) is 60.7 Å². The van der Waals surface area contributed by atoms with Crippen LogP contribution in [0.15, 0.2) is 60.7 Å². The number of hydrogen-bond donors (Lipinski definition) is 1. The molecule has 2 aromatic rings. The predicted octanol–water partition coefficient (Wildman–Crippen LogP) is 2.95. The molecule has 0 bridgehead atoms. The van der Waals surface area contributed by atoms with Crippen LogP contribution in [0.1, 0.15) is 11.1 Å². The quantitative estimate of drug-likeness (QED) is 0.741. The van der Waals surface area contributed by atoms with E-state index in [9.17, 15) is 0 Å². The topological polar surface area (TPSA) is 15.3 Å². The molecule has 0 heterocycles. The van der Waals surface area contributed by atoms with Crippen LogP contribution in [0.5, 0.6) is 0 Å². The van der Waals surface area contributed by atoms with Crippen molar-refractivity contribution in [3.8, 4) is 0 Å². The molecule has 0 saturated carbocycles. The number of likely N-dealkylation sites (N-methyl/N-ethyl adjacent to an activating group) is 1. The summed E-state index contributed by atoms with van der Waals surface area (Å²) in [5.41, 5.74) is 2.77. The first-order valence-electron chi connectivity index (χ1n) is 7.32. The smallest absolute Gasteiger partial charge is 0.0231 e. The van der Waals surface area contributed by atoms with E-state index in [0.717, 1.165) is 32.6 Å². The van der Waals surface area contributed by atoms with E-state index < -0.39 is 0 Å². The Hall–Kier alpha value is -1.64. The second kappa shape index (κ2) is 8.51. The zero-order valence-electron chi connectivity index (χ0n) is 12.3. The van der Waals surface area contributed by atoms with Crippen LogP contribution in [0, 0.1) is 0 Å². The molecule has 0 aromatic heterocycles. The van der Waals surface area contributed by atoms with Gasteiger partial charge in [0.15, 0.2) is 0 Å². The van der Waals surface area contributed by atoms with Gasteiger partial charge in [0.25, 0.3) is 0 Å². The fraction of sp³-hybridized carbons (Fsp3) is 0.333. The maximum Gasteiger partial charge on any atom is 0.0231 e. The molecule has 0 radical (unpaired) electrons. The number of hydrogen-bond acceptors (Lipinski definition) is 2. The minimum absolute atomic E-state index is 1.02. The molecule has 2 nitrogen and oxygen atoms in total. The lowest BCUT2D eigenvalue weighted by Crippen LogP contribution is -2.30. The molecule has 0 aliphatic heterocycles. The summed E-state index contributed by atoms with van der Waals surface area (Å²) < 4.78 is 0. The fourth-order valence-corrected chi connectivity index (χ4v) is 2.25. The van der Waals surface area contributed by atoms with Crippen LogP contribution in [-0.2, 0) is 13.0 Å². The second-order valence-electron chi connectivity index (χ2n) is 5.21. The Labute approximate surface area is 122 Å². The molecule has 0 spiro atoms. The van der Waals surface area contributed by atoms with E-state index in [1.807, 2.05) is 0 Å². The van der Waals surface area contributed by atoms with Gasteiger partial charge >= 0.3 is 0 Å². The predicted molar refractivity (Wildman–Crippen MR) is 85.8 cm³/mol. The van der Waals surface area contributed by atoms with Crippen LogP contribution in [0.2, 0.25) is 0 Å². The monoisotopic (exact) mass is 268 g/mol. The summed E-state index contributed by atoms with van der Waals surface area (Å²) in [6.07, 6.45) is 1.10. The first-order chi connectivity index (χ1) is 9.84.